The van der Waals surface area contributed by atoms with E-state index >= 15 is 0 Å². The van der Waals surface area contributed by atoms with E-state index in [1.165, 1.54) is 30.3 Å². The van der Waals surface area contributed by atoms with Crippen LogP contribution in [0.5, 0.6) is 0 Å². The maximum atomic E-state index is 13.0. The minimum absolute atomic E-state index is 0.0619. The van der Waals surface area contributed by atoms with Crippen LogP contribution in [0, 0.1) is 5.82 Å². The molecule has 2 aromatic carbocycles. The van der Waals surface area contributed by atoms with E-state index in [-0.39, 0.29) is 10.9 Å². The molecular formula is C13H9Cl2FN2O. The minimum Gasteiger partial charge on any atom is -0.398 e. The van der Waals surface area contributed by atoms with Gasteiger partial charge >= 0.3 is 0 Å². The van der Waals surface area contributed by atoms with Crippen LogP contribution in [-0.4, -0.2) is 5.91 Å². The molecule has 98 valence electrons. The van der Waals surface area contributed by atoms with Gasteiger partial charge in [0, 0.05) is 11.3 Å². The molecule has 0 unspecified atom stereocenters. The Morgan fingerprint density at radius 2 is 1.84 bits per heavy atom. The normalized spacial score (nSPS) is 10.3. The van der Waals surface area contributed by atoms with Gasteiger partial charge in [0.05, 0.1) is 15.7 Å². The first-order valence-electron chi connectivity index (χ1n) is 5.29. The van der Waals surface area contributed by atoms with Gasteiger partial charge in [-0.1, -0.05) is 23.2 Å². The highest BCUT2D eigenvalue weighted by Crippen LogP contribution is 2.22. The first kappa shape index (κ1) is 13.6. The smallest absolute Gasteiger partial charge is 0.255 e. The Bertz CT molecular complexity index is 647. The zero-order chi connectivity index (χ0) is 14.0. The lowest BCUT2D eigenvalue weighted by atomic mass is 10.2. The van der Waals surface area contributed by atoms with Gasteiger partial charge in [-0.15, -0.1) is 0 Å². The van der Waals surface area contributed by atoms with Crippen molar-refractivity contribution < 1.29 is 9.18 Å². The van der Waals surface area contributed by atoms with Crippen molar-refractivity contribution in [3.63, 3.8) is 0 Å². The summed E-state index contributed by atoms with van der Waals surface area (Å²) in [5.41, 5.74) is 6.69. The molecule has 6 heteroatoms. The Kier molecular flexibility index (Phi) is 3.93. The fourth-order valence-corrected chi connectivity index (χ4v) is 1.81. The van der Waals surface area contributed by atoms with E-state index in [2.05, 4.69) is 5.32 Å². The average Bonchev–Trinajstić information content (AvgIpc) is 2.37. The number of rotatable bonds is 2. The molecule has 0 aliphatic heterocycles. The number of anilines is 2. The van der Waals surface area contributed by atoms with Crippen molar-refractivity contribution >= 4 is 40.5 Å². The number of nitrogens with one attached hydrogen (secondary N) is 1. The van der Waals surface area contributed by atoms with Gasteiger partial charge in [0.1, 0.15) is 5.82 Å². The third-order valence-corrected chi connectivity index (χ3v) is 3.06. The average molecular weight is 299 g/mol. The molecular weight excluding hydrogens is 290 g/mol. The first-order valence-corrected chi connectivity index (χ1v) is 6.04. The summed E-state index contributed by atoms with van der Waals surface area (Å²) in [5.74, 6) is -0.931. The Morgan fingerprint density at radius 1 is 1.11 bits per heavy atom. The molecule has 0 fully saturated rings. The topological polar surface area (TPSA) is 55.1 Å². The molecule has 19 heavy (non-hydrogen) atoms. The second kappa shape index (κ2) is 5.47. The molecule has 0 bridgehead atoms. The maximum absolute atomic E-state index is 13.0. The Balaban J connectivity index is 2.20. The molecule has 3 nitrogen and oxygen atoms in total. The maximum Gasteiger partial charge on any atom is 0.255 e. The van der Waals surface area contributed by atoms with Gasteiger partial charge in [-0.25, -0.2) is 4.39 Å². The van der Waals surface area contributed by atoms with E-state index < -0.39 is 5.82 Å². The number of hydrogen-bond acceptors (Lipinski definition) is 2. The molecule has 0 aliphatic carbocycles. The van der Waals surface area contributed by atoms with Gasteiger partial charge in [0.25, 0.3) is 5.91 Å². The van der Waals surface area contributed by atoms with Crippen molar-refractivity contribution in [2.24, 2.45) is 0 Å². The Morgan fingerprint density at radius 3 is 2.47 bits per heavy atom. The van der Waals surface area contributed by atoms with E-state index in [1.54, 1.807) is 6.07 Å². The predicted molar refractivity (Wildman–Crippen MR) is 75.2 cm³/mol. The van der Waals surface area contributed by atoms with Gasteiger partial charge in [0.2, 0.25) is 0 Å². The van der Waals surface area contributed by atoms with Crippen molar-refractivity contribution in [1.29, 1.82) is 0 Å². The van der Waals surface area contributed by atoms with E-state index in [0.29, 0.717) is 22.0 Å². The van der Waals surface area contributed by atoms with Crippen LogP contribution in [0.25, 0.3) is 0 Å². The summed E-state index contributed by atoms with van der Waals surface area (Å²) in [5, 5.41) is 2.82. The summed E-state index contributed by atoms with van der Waals surface area (Å²) in [7, 11) is 0. The largest absolute Gasteiger partial charge is 0.398 e. The van der Waals surface area contributed by atoms with Crippen LogP contribution < -0.4 is 11.1 Å². The number of amides is 1. The zero-order valence-corrected chi connectivity index (χ0v) is 11.1. The molecule has 0 heterocycles. The van der Waals surface area contributed by atoms with Gasteiger partial charge in [-0.2, -0.15) is 0 Å². The fraction of sp³-hybridized carbons (Fsp3) is 0. The predicted octanol–water partition coefficient (Wildman–Crippen LogP) is 3.97. The van der Waals surface area contributed by atoms with Crippen LogP contribution in [0.1, 0.15) is 10.4 Å². The van der Waals surface area contributed by atoms with Crippen molar-refractivity contribution in [2.45, 2.75) is 0 Å². The number of carbonyl (C=O) groups excluding carboxylic acids is 1. The molecule has 0 spiro atoms. The molecule has 1 amide bonds. The SMILES string of the molecule is Nc1ccc(C(=O)Nc2ccc(F)c(Cl)c2)cc1Cl. The summed E-state index contributed by atoms with van der Waals surface area (Å²) in [6.45, 7) is 0. The number of carbonyl (C=O) groups is 1. The second-order valence-electron chi connectivity index (χ2n) is 3.82. The van der Waals surface area contributed by atoms with Crippen LogP contribution >= 0.6 is 23.2 Å². The van der Waals surface area contributed by atoms with Crippen LogP contribution in [0.15, 0.2) is 36.4 Å². The summed E-state index contributed by atoms with van der Waals surface area (Å²) >= 11 is 11.5. The second-order valence-corrected chi connectivity index (χ2v) is 4.63. The van der Waals surface area contributed by atoms with E-state index in [1.807, 2.05) is 0 Å². The minimum atomic E-state index is -0.546. The fourth-order valence-electron chi connectivity index (χ4n) is 1.45. The molecule has 0 atom stereocenters. The van der Waals surface area contributed by atoms with Crippen molar-refractivity contribution in [2.75, 3.05) is 11.1 Å². The lowest BCUT2D eigenvalue weighted by Crippen LogP contribution is -2.12. The molecule has 2 aromatic rings. The molecule has 3 N–H and O–H groups in total. The van der Waals surface area contributed by atoms with Gasteiger partial charge in [-0.05, 0) is 36.4 Å². The molecule has 0 saturated heterocycles. The van der Waals surface area contributed by atoms with Gasteiger partial charge < -0.3 is 11.1 Å². The molecule has 0 saturated carbocycles. The highest BCUT2D eigenvalue weighted by molar-refractivity contribution is 6.33. The molecule has 0 radical (unpaired) electrons. The number of hydrogen-bond donors (Lipinski definition) is 2. The number of nitrogens with two attached hydrogens (primary N) is 1. The van der Waals surface area contributed by atoms with Crippen LogP contribution in [-0.2, 0) is 0 Å². The van der Waals surface area contributed by atoms with Crippen LogP contribution in [0.2, 0.25) is 10.0 Å². The monoisotopic (exact) mass is 298 g/mol. The highest BCUT2D eigenvalue weighted by Gasteiger charge is 2.09. The van der Waals surface area contributed by atoms with E-state index in [0.717, 1.165) is 0 Å². The third-order valence-electron chi connectivity index (χ3n) is 2.44. The van der Waals surface area contributed by atoms with Crippen molar-refractivity contribution in [1.82, 2.24) is 0 Å². The van der Waals surface area contributed by atoms with Crippen LogP contribution in [0.3, 0.4) is 0 Å². The van der Waals surface area contributed by atoms with Gasteiger partial charge in [0.15, 0.2) is 0 Å². The van der Waals surface area contributed by atoms with Crippen molar-refractivity contribution in [3.8, 4) is 0 Å². The molecule has 0 aromatic heterocycles. The first-order chi connectivity index (χ1) is 8.97. The van der Waals surface area contributed by atoms with E-state index in [9.17, 15) is 9.18 Å². The highest BCUT2D eigenvalue weighted by atomic mass is 35.5. The quantitative estimate of drug-likeness (QED) is 0.824. The summed E-state index contributed by atoms with van der Waals surface area (Å²) in [4.78, 5) is 11.9. The summed E-state index contributed by atoms with van der Waals surface area (Å²) in [6.07, 6.45) is 0. The van der Waals surface area contributed by atoms with Crippen LogP contribution in [0.4, 0.5) is 15.8 Å². The van der Waals surface area contributed by atoms with Crippen molar-refractivity contribution in [3.05, 3.63) is 57.8 Å². The number of nitrogen functional groups attached to an aromatic ring is 1. The zero-order valence-electron chi connectivity index (χ0n) is 9.58. The Labute approximate surface area is 119 Å². The molecule has 2 rings (SSSR count). The summed E-state index contributed by atoms with van der Waals surface area (Å²) in [6, 6.07) is 8.45. The third kappa shape index (κ3) is 3.16. The van der Waals surface area contributed by atoms with Gasteiger partial charge in [-0.3, -0.25) is 4.79 Å². The lowest BCUT2D eigenvalue weighted by molar-refractivity contribution is 0.102. The van der Waals surface area contributed by atoms with E-state index in [4.69, 9.17) is 28.9 Å². The number of benzene rings is 2. The summed E-state index contributed by atoms with van der Waals surface area (Å²) < 4.78 is 13.0. The lowest BCUT2D eigenvalue weighted by Gasteiger charge is -2.07. The molecule has 0 aliphatic rings. The number of halogens is 3. The standard InChI is InChI=1S/C13H9Cl2FN2O/c14-9-6-8(2-3-11(9)16)18-13(19)7-1-4-12(17)10(15)5-7/h1-6H,17H2,(H,18,19). The Hall–Kier alpha value is -1.78.